The van der Waals surface area contributed by atoms with Crippen molar-refractivity contribution in [3.63, 3.8) is 0 Å². The van der Waals surface area contributed by atoms with Crippen molar-refractivity contribution in [2.45, 2.75) is 45.6 Å². The van der Waals surface area contributed by atoms with Gasteiger partial charge < -0.3 is 5.32 Å². The smallest absolute Gasteiger partial charge is 0.150 e. The van der Waals surface area contributed by atoms with E-state index < -0.39 is 9.84 Å². The summed E-state index contributed by atoms with van der Waals surface area (Å²) in [7, 11) is -2.82. The second kappa shape index (κ2) is 8.72. The standard InChI is InChI=1S/C14H25NO2S2/c1-3-8-15-14(11-13-7-9-18-12-13)6-5-10-19(16,17)4-2/h7,9,12,14-15H,3-6,8,10-11H2,1-2H3. The number of hydrogen-bond donors (Lipinski definition) is 1. The van der Waals surface area contributed by atoms with Crippen LogP contribution in [0.5, 0.6) is 0 Å². The fourth-order valence-electron chi connectivity index (χ4n) is 2.01. The van der Waals surface area contributed by atoms with Gasteiger partial charge in [-0.2, -0.15) is 11.3 Å². The fourth-order valence-corrected chi connectivity index (χ4v) is 3.59. The van der Waals surface area contributed by atoms with E-state index in [0.717, 1.165) is 32.2 Å². The molecule has 1 aromatic heterocycles. The van der Waals surface area contributed by atoms with Gasteiger partial charge in [-0.25, -0.2) is 8.42 Å². The Bertz CT molecular complexity index is 426. The van der Waals surface area contributed by atoms with E-state index in [0.29, 0.717) is 11.8 Å². The van der Waals surface area contributed by atoms with Crippen LogP contribution >= 0.6 is 11.3 Å². The summed E-state index contributed by atoms with van der Waals surface area (Å²) in [4.78, 5) is 0. The lowest BCUT2D eigenvalue weighted by molar-refractivity contribution is 0.472. The average Bonchev–Trinajstić information content (AvgIpc) is 2.88. The Labute approximate surface area is 121 Å². The van der Waals surface area contributed by atoms with E-state index in [1.165, 1.54) is 5.56 Å². The first-order valence-electron chi connectivity index (χ1n) is 7.02. The predicted molar refractivity (Wildman–Crippen MR) is 83.7 cm³/mol. The molecule has 0 radical (unpaired) electrons. The lowest BCUT2D eigenvalue weighted by atomic mass is 10.0. The van der Waals surface area contributed by atoms with E-state index in [9.17, 15) is 8.42 Å². The third kappa shape index (κ3) is 7.09. The zero-order chi connectivity index (χ0) is 14.1. The maximum Gasteiger partial charge on any atom is 0.150 e. The van der Waals surface area contributed by atoms with Crippen molar-refractivity contribution in [1.82, 2.24) is 5.32 Å². The molecule has 0 aliphatic rings. The normalized spacial score (nSPS) is 13.6. The van der Waals surface area contributed by atoms with E-state index >= 15 is 0 Å². The van der Waals surface area contributed by atoms with Crippen molar-refractivity contribution in [2.24, 2.45) is 0 Å². The number of sulfone groups is 1. The maximum atomic E-state index is 11.5. The van der Waals surface area contributed by atoms with Crippen LogP contribution in [0.2, 0.25) is 0 Å². The number of rotatable bonds is 10. The van der Waals surface area contributed by atoms with Crippen molar-refractivity contribution in [3.8, 4) is 0 Å². The molecule has 1 aromatic rings. The first kappa shape index (κ1) is 16.7. The minimum absolute atomic E-state index is 0.255. The van der Waals surface area contributed by atoms with E-state index in [1.54, 1.807) is 18.3 Å². The van der Waals surface area contributed by atoms with Gasteiger partial charge in [0, 0.05) is 11.8 Å². The Balaban J connectivity index is 2.41. The molecule has 1 N–H and O–H groups in total. The lowest BCUT2D eigenvalue weighted by Gasteiger charge is -2.18. The van der Waals surface area contributed by atoms with Crippen LogP contribution in [0.25, 0.3) is 0 Å². The molecule has 1 unspecified atom stereocenters. The van der Waals surface area contributed by atoms with Crippen LogP contribution in [0, 0.1) is 0 Å². The zero-order valence-corrected chi connectivity index (χ0v) is 13.5. The van der Waals surface area contributed by atoms with Crippen molar-refractivity contribution in [2.75, 3.05) is 18.1 Å². The Kier molecular flexibility index (Phi) is 7.64. The first-order chi connectivity index (χ1) is 9.07. The summed E-state index contributed by atoms with van der Waals surface area (Å²) in [6.07, 6.45) is 3.78. The summed E-state index contributed by atoms with van der Waals surface area (Å²) < 4.78 is 23.0. The van der Waals surface area contributed by atoms with Crippen LogP contribution in [-0.2, 0) is 16.3 Å². The molecule has 1 heterocycles. The second-order valence-corrected chi connectivity index (χ2v) is 8.12. The van der Waals surface area contributed by atoms with E-state index in [-0.39, 0.29) is 5.75 Å². The summed E-state index contributed by atoms with van der Waals surface area (Å²) in [5.74, 6) is 0.571. The van der Waals surface area contributed by atoms with Crippen LogP contribution in [0.15, 0.2) is 16.8 Å². The maximum absolute atomic E-state index is 11.5. The molecule has 0 aromatic carbocycles. The summed E-state index contributed by atoms with van der Waals surface area (Å²) in [5, 5.41) is 7.78. The van der Waals surface area contributed by atoms with Crippen LogP contribution < -0.4 is 5.32 Å². The summed E-state index contributed by atoms with van der Waals surface area (Å²) >= 11 is 1.71. The molecule has 0 fully saturated rings. The Hall–Kier alpha value is -0.390. The SMILES string of the molecule is CCCNC(CCCS(=O)(=O)CC)Cc1ccsc1. The molecule has 0 aliphatic heterocycles. The first-order valence-corrected chi connectivity index (χ1v) is 9.78. The molecule has 110 valence electrons. The van der Waals surface area contributed by atoms with Crippen LogP contribution in [0.3, 0.4) is 0 Å². The highest BCUT2D eigenvalue weighted by Gasteiger charge is 2.12. The Morgan fingerprint density at radius 2 is 2.16 bits per heavy atom. The van der Waals surface area contributed by atoms with Gasteiger partial charge in [0.25, 0.3) is 0 Å². The number of hydrogen-bond acceptors (Lipinski definition) is 4. The molecule has 0 bridgehead atoms. The number of nitrogens with one attached hydrogen (secondary N) is 1. The van der Waals surface area contributed by atoms with E-state index in [2.05, 4.69) is 29.1 Å². The largest absolute Gasteiger partial charge is 0.314 e. The molecule has 0 spiro atoms. The monoisotopic (exact) mass is 303 g/mol. The van der Waals surface area contributed by atoms with E-state index in [4.69, 9.17) is 0 Å². The quantitative estimate of drug-likeness (QED) is 0.723. The molecule has 1 rings (SSSR count). The highest BCUT2D eigenvalue weighted by Crippen LogP contribution is 2.12. The molecule has 0 saturated carbocycles. The molecule has 0 aliphatic carbocycles. The molecular formula is C14H25NO2S2. The van der Waals surface area contributed by atoms with Gasteiger partial charge in [0.2, 0.25) is 0 Å². The van der Waals surface area contributed by atoms with Gasteiger partial charge in [-0.1, -0.05) is 13.8 Å². The van der Waals surface area contributed by atoms with Crippen LogP contribution in [0.4, 0.5) is 0 Å². The van der Waals surface area contributed by atoms with Crippen molar-refractivity contribution >= 4 is 21.2 Å². The van der Waals surface area contributed by atoms with Crippen molar-refractivity contribution < 1.29 is 8.42 Å². The van der Waals surface area contributed by atoms with Gasteiger partial charge in [0.1, 0.15) is 9.84 Å². The minimum Gasteiger partial charge on any atom is -0.314 e. The minimum atomic E-state index is -2.82. The number of thiophene rings is 1. The van der Waals surface area contributed by atoms with Crippen LogP contribution in [-0.4, -0.2) is 32.5 Å². The summed E-state index contributed by atoms with van der Waals surface area (Å²) in [6, 6.07) is 2.54. The fraction of sp³-hybridized carbons (Fsp3) is 0.714. The third-order valence-corrected chi connectivity index (χ3v) is 5.72. The summed E-state index contributed by atoms with van der Waals surface area (Å²) in [5.41, 5.74) is 1.34. The zero-order valence-electron chi connectivity index (χ0n) is 11.9. The van der Waals surface area contributed by atoms with Gasteiger partial charge in [-0.05, 0) is 54.6 Å². The second-order valence-electron chi connectivity index (χ2n) is 4.87. The van der Waals surface area contributed by atoms with Crippen molar-refractivity contribution in [1.29, 1.82) is 0 Å². The van der Waals surface area contributed by atoms with Crippen LogP contribution in [0.1, 0.15) is 38.7 Å². The molecule has 5 heteroatoms. The predicted octanol–water partition coefficient (Wildman–Crippen LogP) is 2.87. The molecule has 0 amide bonds. The van der Waals surface area contributed by atoms with Gasteiger partial charge in [0.15, 0.2) is 0 Å². The van der Waals surface area contributed by atoms with Gasteiger partial charge in [0.05, 0.1) is 5.75 Å². The summed E-state index contributed by atoms with van der Waals surface area (Å²) in [6.45, 7) is 4.86. The van der Waals surface area contributed by atoms with Crippen molar-refractivity contribution in [3.05, 3.63) is 22.4 Å². The topological polar surface area (TPSA) is 46.2 Å². The highest BCUT2D eigenvalue weighted by molar-refractivity contribution is 7.91. The molecule has 19 heavy (non-hydrogen) atoms. The molecule has 3 nitrogen and oxygen atoms in total. The molecular weight excluding hydrogens is 278 g/mol. The van der Waals surface area contributed by atoms with Gasteiger partial charge in [-0.3, -0.25) is 0 Å². The molecule has 1 atom stereocenters. The van der Waals surface area contributed by atoms with Gasteiger partial charge >= 0.3 is 0 Å². The highest BCUT2D eigenvalue weighted by atomic mass is 32.2. The Morgan fingerprint density at radius 3 is 2.74 bits per heavy atom. The third-order valence-electron chi connectivity index (χ3n) is 3.19. The average molecular weight is 303 g/mol. The van der Waals surface area contributed by atoms with Gasteiger partial charge in [-0.15, -0.1) is 0 Å². The van der Waals surface area contributed by atoms with E-state index in [1.807, 2.05) is 0 Å². The lowest BCUT2D eigenvalue weighted by Crippen LogP contribution is -2.32. The molecule has 0 saturated heterocycles. The Morgan fingerprint density at radius 1 is 1.37 bits per heavy atom.